The number of Topliss-reactive ketones (excluding diaryl/α,β-unsaturated/α-hetero) is 1. The molecule has 0 bridgehead atoms. The Morgan fingerprint density at radius 1 is 1.59 bits per heavy atom. The molecule has 0 spiro atoms. The number of carbonyl (C=O) groups excluding carboxylic acids is 1. The van der Waals surface area contributed by atoms with E-state index in [9.17, 15) is 4.79 Å². The molecule has 0 aromatic carbocycles. The second kappa shape index (κ2) is 5.08. The molecule has 0 aliphatic heterocycles. The minimum atomic E-state index is -0.802. The molecule has 0 fully saturated rings. The zero-order chi connectivity index (χ0) is 12.4. The van der Waals surface area contributed by atoms with Crippen molar-refractivity contribution >= 4 is 44.4 Å². The van der Waals surface area contributed by atoms with Gasteiger partial charge in [-0.1, -0.05) is 0 Å². The molecular formula is C11H7BrN2OS2. The fourth-order valence-electron chi connectivity index (χ4n) is 1.33. The van der Waals surface area contributed by atoms with Gasteiger partial charge in [0.15, 0.2) is 11.7 Å². The lowest BCUT2D eigenvalue weighted by atomic mass is 10.1. The highest BCUT2D eigenvalue weighted by Gasteiger charge is 2.26. The van der Waals surface area contributed by atoms with E-state index < -0.39 is 5.92 Å². The van der Waals surface area contributed by atoms with E-state index in [2.05, 4.69) is 20.9 Å². The highest BCUT2D eigenvalue weighted by molar-refractivity contribution is 9.10. The largest absolute Gasteiger partial charge is 0.291 e. The molecule has 2 heterocycles. The van der Waals surface area contributed by atoms with E-state index in [4.69, 9.17) is 5.26 Å². The normalized spacial score (nSPS) is 12.1. The molecular weight excluding hydrogens is 320 g/mol. The van der Waals surface area contributed by atoms with Crippen LogP contribution in [0.1, 0.15) is 26.3 Å². The topological polar surface area (TPSA) is 53.8 Å². The maximum atomic E-state index is 12.2. The van der Waals surface area contributed by atoms with Gasteiger partial charge in [-0.25, -0.2) is 4.98 Å². The van der Waals surface area contributed by atoms with Crippen molar-refractivity contribution in [2.45, 2.75) is 12.8 Å². The summed E-state index contributed by atoms with van der Waals surface area (Å²) in [7, 11) is 0. The SMILES string of the molecule is Cc1csc([C@H](C#N)C(=O)c2sccc2Br)n1. The molecule has 2 aromatic rings. The first kappa shape index (κ1) is 12.4. The summed E-state index contributed by atoms with van der Waals surface area (Å²) >= 11 is 5.99. The number of carbonyl (C=O) groups is 1. The Morgan fingerprint density at radius 3 is 2.82 bits per heavy atom. The molecule has 0 aliphatic carbocycles. The Bertz CT molecular complexity index is 597. The molecule has 1 atom stereocenters. The first-order chi connectivity index (χ1) is 8.13. The van der Waals surface area contributed by atoms with Gasteiger partial charge < -0.3 is 0 Å². The van der Waals surface area contributed by atoms with Gasteiger partial charge in [-0.2, -0.15) is 5.26 Å². The maximum Gasteiger partial charge on any atom is 0.197 e. The second-order valence-electron chi connectivity index (χ2n) is 3.35. The average Bonchev–Trinajstić information content (AvgIpc) is 2.88. The number of thiophene rings is 1. The first-order valence-electron chi connectivity index (χ1n) is 4.72. The number of nitrogens with zero attached hydrogens (tertiary/aromatic N) is 2. The Balaban J connectivity index is 2.36. The van der Waals surface area contributed by atoms with Gasteiger partial charge in [-0.05, 0) is 34.3 Å². The van der Waals surface area contributed by atoms with Gasteiger partial charge in [0.05, 0.1) is 10.9 Å². The van der Waals surface area contributed by atoms with Crippen molar-refractivity contribution in [3.63, 3.8) is 0 Å². The molecule has 0 saturated carbocycles. The lowest BCUT2D eigenvalue weighted by Gasteiger charge is -2.03. The van der Waals surface area contributed by atoms with E-state index in [1.165, 1.54) is 22.7 Å². The Morgan fingerprint density at radius 2 is 2.35 bits per heavy atom. The van der Waals surface area contributed by atoms with Crippen LogP contribution in [0.25, 0.3) is 0 Å². The van der Waals surface area contributed by atoms with Crippen LogP contribution in [0.5, 0.6) is 0 Å². The highest BCUT2D eigenvalue weighted by atomic mass is 79.9. The third kappa shape index (κ3) is 2.46. The minimum Gasteiger partial charge on any atom is -0.291 e. The zero-order valence-electron chi connectivity index (χ0n) is 8.81. The van der Waals surface area contributed by atoms with Crippen LogP contribution in [0.4, 0.5) is 0 Å². The molecule has 0 radical (unpaired) electrons. The highest BCUT2D eigenvalue weighted by Crippen LogP contribution is 2.30. The standard InChI is InChI=1S/C11H7BrN2OS2/c1-6-5-17-11(14-6)7(4-13)9(15)10-8(12)2-3-16-10/h2-3,5,7H,1H3/t7-/m1/s1. The predicted molar refractivity (Wildman–Crippen MR) is 71.6 cm³/mol. The van der Waals surface area contributed by atoms with Crippen LogP contribution in [0, 0.1) is 18.3 Å². The summed E-state index contributed by atoms with van der Waals surface area (Å²) in [5.74, 6) is -0.993. The summed E-state index contributed by atoms with van der Waals surface area (Å²) in [6.07, 6.45) is 0. The molecule has 0 N–H and O–H groups in total. The molecule has 0 amide bonds. The van der Waals surface area contributed by atoms with Crippen molar-refractivity contribution < 1.29 is 4.79 Å². The van der Waals surface area contributed by atoms with E-state index >= 15 is 0 Å². The van der Waals surface area contributed by atoms with Gasteiger partial charge in [0.1, 0.15) is 5.01 Å². The zero-order valence-corrected chi connectivity index (χ0v) is 12.0. The maximum absolute atomic E-state index is 12.2. The second-order valence-corrected chi connectivity index (χ2v) is 6.01. The van der Waals surface area contributed by atoms with E-state index in [1.54, 1.807) is 6.07 Å². The molecule has 0 unspecified atom stereocenters. The van der Waals surface area contributed by atoms with Gasteiger partial charge in [-0.15, -0.1) is 22.7 Å². The summed E-state index contributed by atoms with van der Waals surface area (Å²) in [5.41, 5.74) is 0.836. The van der Waals surface area contributed by atoms with Gasteiger partial charge in [-0.3, -0.25) is 4.79 Å². The van der Waals surface area contributed by atoms with Crippen molar-refractivity contribution in [3.05, 3.63) is 36.9 Å². The summed E-state index contributed by atoms with van der Waals surface area (Å²) < 4.78 is 0.737. The number of hydrogen-bond acceptors (Lipinski definition) is 5. The van der Waals surface area contributed by atoms with Crippen molar-refractivity contribution in [3.8, 4) is 6.07 Å². The van der Waals surface area contributed by atoms with E-state index in [1.807, 2.05) is 23.8 Å². The van der Waals surface area contributed by atoms with Crippen LogP contribution >= 0.6 is 38.6 Å². The molecule has 17 heavy (non-hydrogen) atoms. The summed E-state index contributed by atoms with van der Waals surface area (Å²) in [6, 6.07) is 3.84. The summed E-state index contributed by atoms with van der Waals surface area (Å²) in [4.78, 5) is 17.0. The monoisotopic (exact) mass is 326 g/mol. The fraction of sp³-hybridized carbons (Fsp3) is 0.182. The van der Waals surface area contributed by atoms with E-state index in [-0.39, 0.29) is 5.78 Å². The third-order valence-electron chi connectivity index (χ3n) is 2.12. The average molecular weight is 327 g/mol. The Labute approximate surface area is 115 Å². The summed E-state index contributed by atoms with van der Waals surface area (Å²) in [5, 5.41) is 13.4. The van der Waals surface area contributed by atoms with Gasteiger partial charge in [0.25, 0.3) is 0 Å². The van der Waals surface area contributed by atoms with Crippen LogP contribution in [-0.2, 0) is 0 Å². The molecule has 0 aliphatic rings. The molecule has 6 heteroatoms. The van der Waals surface area contributed by atoms with Crippen LogP contribution in [0.2, 0.25) is 0 Å². The van der Waals surface area contributed by atoms with Crippen LogP contribution in [0.15, 0.2) is 21.3 Å². The van der Waals surface area contributed by atoms with Crippen LogP contribution < -0.4 is 0 Å². The van der Waals surface area contributed by atoms with Crippen LogP contribution in [0.3, 0.4) is 0 Å². The van der Waals surface area contributed by atoms with Gasteiger partial charge in [0.2, 0.25) is 0 Å². The Hall–Kier alpha value is -1.03. The number of rotatable bonds is 3. The quantitative estimate of drug-likeness (QED) is 0.807. The number of hydrogen-bond donors (Lipinski definition) is 0. The smallest absolute Gasteiger partial charge is 0.197 e. The Kier molecular flexibility index (Phi) is 3.72. The lowest BCUT2D eigenvalue weighted by molar-refractivity contribution is 0.0982. The van der Waals surface area contributed by atoms with Crippen molar-refractivity contribution in [2.24, 2.45) is 0 Å². The summed E-state index contributed by atoms with van der Waals surface area (Å²) in [6.45, 7) is 1.85. The molecule has 0 saturated heterocycles. The van der Waals surface area contributed by atoms with Gasteiger partial charge >= 0.3 is 0 Å². The number of thiazole rings is 1. The third-order valence-corrected chi connectivity index (χ3v) is 5.00. The van der Waals surface area contributed by atoms with E-state index in [0.29, 0.717) is 9.88 Å². The minimum absolute atomic E-state index is 0.191. The molecule has 2 aromatic heterocycles. The first-order valence-corrected chi connectivity index (χ1v) is 7.27. The molecule has 3 nitrogen and oxygen atoms in total. The van der Waals surface area contributed by atoms with Crippen molar-refractivity contribution in [2.75, 3.05) is 0 Å². The lowest BCUT2D eigenvalue weighted by Crippen LogP contribution is -2.10. The molecule has 86 valence electrons. The van der Waals surface area contributed by atoms with Gasteiger partial charge in [0, 0.05) is 15.5 Å². The predicted octanol–water partition coefficient (Wildman–Crippen LogP) is 3.77. The molecule has 2 rings (SSSR count). The number of aryl methyl sites for hydroxylation is 1. The number of halogens is 1. The number of ketones is 1. The van der Waals surface area contributed by atoms with E-state index in [0.717, 1.165) is 10.2 Å². The number of aromatic nitrogens is 1. The van der Waals surface area contributed by atoms with Crippen molar-refractivity contribution in [1.82, 2.24) is 4.98 Å². The fourth-order valence-corrected chi connectivity index (χ4v) is 3.71. The number of nitriles is 1. The van der Waals surface area contributed by atoms with Crippen LogP contribution in [-0.4, -0.2) is 10.8 Å². The van der Waals surface area contributed by atoms with Crippen molar-refractivity contribution in [1.29, 1.82) is 5.26 Å².